The highest BCUT2D eigenvalue weighted by Gasteiger charge is 2.45. The van der Waals surface area contributed by atoms with Crippen molar-refractivity contribution in [3.8, 4) is 0 Å². The molecule has 0 rings (SSSR count). The summed E-state index contributed by atoms with van der Waals surface area (Å²) in [4.78, 5) is 0. The van der Waals surface area contributed by atoms with Gasteiger partial charge in [0.2, 0.25) is 0 Å². The summed E-state index contributed by atoms with van der Waals surface area (Å²) in [7, 11) is 0. The minimum absolute atomic E-state index is 0.0296. The van der Waals surface area contributed by atoms with Gasteiger partial charge in [0.25, 0.3) is 0 Å². The number of rotatable bonds is 11. The molecule has 4 nitrogen and oxygen atoms in total. The highest BCUT2D eigenvalue weighted by Crippen LogP contribution is 2.29. The quantitative estimate of drug-likeness (QED) is 0.576. The summed E-state index contributed by atoms with van der Waals surface area (Å²) in [6.07, 6.45) is 0.212. The van der Waals surface area contributed by atoms with Gasteiger partial charge in [0.15, 0.2) is 5.67 Å². The molecular weight excluding hydrogens is 280 g/mol. The first kappa shape index (κ1) is 20.7. The molecule has 0 bridgehead atoms. The Hall–Kier alpha value is -0.300. The van der Waals surface area contributed by atoms with E-state index in [9.17, 15) is 8.78 Å². The molecule has 0 aliphatic heterocycles. The maximum atomic E-state index is 14.8. The van der Waals surface area contributed by atoms with Crippen LogP contribution in [-0.2, 0) is 9.47 Å². The monoisotopic (exact) mass is 311 g/mol. The van der Waals surface area contributed by atoms with E-state index in [0.717, 1.165) is 0 Å². The largest absolute Gasteiger partial charge is 0.396 e. The number of halogens is 2. The lowest BCUT2D eigenvalue weighted by atomic mass is 9.95. The standard InChI is InChI=1S/C15H31F2NO3/c1-6-13(3,8-9-19)21-11-14(4,17)15(5,18)20-10-7-12(2)16/h12,19H,6-11,18H2,1-5H3. The lowest BCUT2D eigenvalue weighted by Gasteiger charge is -2.39. The van der Waals surface area contributed by atoms with Crippen molar-refractivity contribution in [1.82, 2.24) is 0 Å². The number of aliphatic hydroxyl groups excluding tert-OH is 1. The van der Waals surface area contributed by atoms with Gasteiger partial charge in [-0.1, -0.05) is 6.92 Å². The molecule has 0 radical (unpaired) electrons. The number of hydrogen-bond acceptors (Lipinski definition) is 4. The Balaban J connectivity index is 4.56. The van der Waals surface area contributed by atoms with Crippen molar-refractivity contribution in [1.29, 1.82) is 0 Å². The third-order valence-electron chi connectivity index (χ3n) is 4.03. The fraction of sp³-hybridized carbons (Fsp3) is 1.00. The molecule has 0 spiro atoms. The van der Waals surface area contributed by atoms with Gasteiger partial charge in [-0.3, -0.25) is 0 Å². The summed E-state index contributed by atoms with van der Waals surface area (Å²) in [5.41, 5.74) is 1.77. The van der Waals surface area contributed by atoms with Crippen molar-refractivity contribution in [2.24, 2.45) is 5.73 Å². The summed E-state index contributed by atoms with van der Waals surface area (Å²) < 4.78 is 38.4. The van der Waals surface area contributed by atoms with Gasteiger partial charge in [0.1, 0.15) is 5.72 Å². The highest BCUT2D eigenvalue weighted by atomic mass is 19.1. The third kappa shape index (κ3) is 7.00. The topological polar surface area (TPSA) is 64.7 Å². The Morgan fingerprint density at radius 3 is 2.24 bits per heavy atom. The van der Waals surface area contributed by atoms with Crippen molar-refractivity contribution in [3.05, 3.63) is 0 Å². The van der Waals surface area contributed by atoms with Crippen molar-refractivity contribution in [2.45, 2.75) is 77.0 Å². The third-order valence-corrected chi connectivity index (χ3v) is 4.03. The van der Waals surface area contributed by atoms with Gasteiger partial charge in [-0.25, -0.2) is 8.78 Å². The first-order valence-electron chi connectivity index (χ1n) is 7.50. The zero-order valence-corrected chi connectivity index (χ0v) is 13.9. The number of aliphatic hydroxyl groups is 1. The van der Waals surface area contributed by atoms with Crippen molar-refractivity contribution >= 4 is 0 Å². The molecule has 128 valence electrons. The van der Waals surface area contributed by atoms with Crippen molar-refractivity contribution in [2.75, 3.05) is 19.8 Å². The van der Waals surface area contributed by atoms with Gasteiger partial charge >= 0.3 is 0 Å². The van der Waals surface area contributed by atoms with E-state index < -0.39 is 23.2 Å². The smallest absolute Gasteiger partial charge is 0.172 e. The molecule has 4 unspecified atom stereocenters. The van der Waals surface area contributed by atoms with E-state index in [1.807, 2.05) is 13.8 Å². The average molecular weight is 311 g/mol. The first-order valence-corrected chi connectivity index (χ1v) is 7.50. The average Bonchev–Trinajstić information content (AvgIpc) is 2.36. The maximum absolute atomic E-state index is 14.8. The fourth-order valence-corrected chi connectivity index (χ4v) is 1.62. The summed E-state index contributed by atoms with van der Waals surface area (Å²) >= 11 is 0. The molecule has 0 aliphatic rings. The molecule has 0 saturated carbocycles. The summed E-state index contributed by atoms with van der Waals surface area (Å²) in [5, 5.41) is 9.03. The van der Waals surface area contributed by atoms with E-state index in [-0.39, 0.29) is 26.2 Å². The molecule has 21 heavy (non-hydrogen) atoms. The Kier molecular flexibility index (Phi) is 8.24. The molecule has 0 fully saturated rings. The second kappa shape index (κ2) is 8.36. The van der Waals surface area contributed by atoms with E-state index in [4.69, 9.17) is 20.3 Å². The predicted molar refractivity (Wildman–Crippen MR) is 79.6 cm³/mol. The highest BCUT2D eigenvalue weighted by molar-refractivity contribution is 4.92. The van der Waals surface area contributed by atoms with Gasteiger partial charge < -0.3 is 20.3 Å². The minimum atomic E-state index is -1.93. The second-order valence-electron chi connectivity index (χ2n) is 6.29. The van der Waals surface area contributed by atoms with E-state index >= 15 is 0 Å². The van der Waals surface area contributed by atoms with Crippen LogP contribution in [0.5, 0.6) is 0 Å². The normalized spacial score (nSPS) is 22.1. The summed E-state index contributed by atoms with van der Waals surface area (Å²) in [5.74, 6) is 0. The van der Waals surface area contributed by atoms with E-state index in [2.05, 4.69) is 0 Å². The molecule has 0 aromatic carbocycles. The van der Waals surface area contributed by atoms with E-state index in [1.54, 1.807) is 0 Å². The maximum Gasteiger partial charge on any atom is 0.172 e. The lowest BCUT2D eigenvalue weighted by molar-refractivity contribution is -0.177. The van der Waals surface area contributed by atoms with Crippen LogP contribution in [0.25, 0.3) is 0 Å². The van der Waals surface area contributed by atoms with Gasteiger partial charge in [-0.2, -0.15) is 0 Å². The zero-order valence-electron chi connectivity index (χ0n) is 13.9. The molecule has 0 aliphatic carbocycles. The molecule has 4 atom stereocenters. The van der Waals surface area contributed by atoms with Crippen LogP contribution in [0.2, 0.25) is 0 Å². The lowest BCUT2D eigenvalue weighted by Crippen LogP contribution is -2.59. The van der Waals surface area contributed by atoms with Crippen molar-refractivity contribution in [3.63, 3.8) is 0 Å². The van der Waals surface area contributed by atoms with E-state index in [0.29, 0.717) is 12.8 Å². The number of ether oxygens (including phenoxy) is 2. The fourth-order valence-electron chi connectivity index (χ4n) is 1.62. The molecule has 6 heteroatoms. The van der Waals surface area contributed by atoms with Gasteiger partial charge in [0, 0.05) is 13.0 Å². The van der Waals surface area contributed by atoms with Crippen LogP contribution >= 0.6 is 0 Å². The van der Waals surface area contributed by atoms with Crippen LogP contribution in [0, 0.1) is 0 Å². The van der Waals surface area contributed by atoms with Crippen molar-refractivity contribution < 1.29 is 23.4 Å². The summed E-state index contributed by atoms with van der Waals surface area (Å²) in [6.45, 7) is 7.64. The Bertz CT molecular complexity index is 299. The summed E-state index contributed by atoms with van der Waals surface area (Å²) in [6, 6.07) is 0. The van der Waals surface area contributed by atoms with Crippen LogP contribution in [0.15, 0.2) is 0 Å². The predicted octanol–water partition coefficient (Wildman–Crippen LogP) is 2.72. The Labute approximate surface area is 127 Å². The molecule has 0 heterocycles. The van der Waals surface area contributed by atoms with E-state index in [1.165, 1.54) is 20.8 Å². The van der Waals surface area contributed by atoms with Crippen LogP contribution < -0.4 is 5.73 Å². The molecule has 0 amide bonds. The minimum Gasteiger partial charge on any atom is -0.396 e. The molecule has 0 saturated heterocycles. The Morgan fingerprint density at radius 1 is 1.24 bits per heavy atom. The van der Waals surface area contributed by atoms with Gasteiger partial charge in [-0.15, -0.1) is 0 Å². The number of nitrogens with two attached hydrogens (primary N) is 1. The molecule has 3 N–H and O–H groups in total. The van der Waals surface area contributed by atoms with Crippen LogP contribution in [0.4, 0.5) is 8.78 Å². The number of hydrogen-bond donors (Lipinski definition) is 2. The molecule has 0 aromatic rings. The second-order valence-corrected chi connectivity index (χ2v) is 6.29. The van der Waals surface area contributed by atoms with Crippen LogP contribution in [0.3, 0.4) is 0 Å². The number of alkyl halides is 2. The van der Waals surface area contributed by atoms with Crippen LogP contribution in [0.1, 0.15) is 53.9 Å². The zero-order chi connectivity index (χ0) is 16.7. The SMILES string of the molecule is CCC(C)(CCO)OCC(C)(F)C(C)(N)OCCC(C)F. The Morgan fingerprint density at radius 2 is 1.81 bits per heavy atom. The van der Waals surface area contributed by atoms with Gasteiger partial charge in [-0.05, 0) is 40.5 Å². The van der Waals surface area contributed by atoms with Crippen LogP contribution in [-0.4, -0.2) is 48.1 Å². The molecular formula is C15H31F2NO3. The molecule has 0 aromatic heterocycles. The first-order chi connectivity index (χ1) is 9.49. The van der Waals surface area contributed by atoms with Gasteiger partial charge in [0.05, 0.1) is 25.0 Å².